The number of methoxy groups -OCH3 is 1. The Kier molecular flexibility index (Phi) is 3.74. The SMILES string of the molecule is COc1ccc2c(c1)C(CN)(N1CCCC1(C)C)CCC2. The van der Waals surface area contributed by atoms with E-state index in [9.17, 15) is 0 Å². The first-order valence-electron chi connectivity index (χ1n) is 8.19. The van der Waals surface area contributed by atoms with Gasteiger partial charge in [-0.2, -0.15) is 0 Å². The predicted molar refractivity (Wildman–Crippen MR) is 86.7 cm³/mol. The second kappa shape index (κ2) is 5.29. The number of aryl methyl sites for hydroxylation is 1. The van der Waals surface area contributed by atoms with E-state index in [-0.39, 0.29) is 11.1 Å². The molecule has 0 radical (unpaired) electrons. The maximum absolute atomic E-state index is 6.36. The zero-order valence-corrected chi connectivity index (χ0v) is 13.6. The first kappa shape index (κ1) is 14.9. The highest BCUT2D eigenvalue weighted by Gasteiger charge is 2.48. The normalized spacial score (nSPS) is 28.4. The third kappa shape index (κ3) is 2.27. The molecule has 21 heavy (non-hydrogen) atoms. The lowest BCUT2D eigenvalue weighted by molar-refractivity contribution is 0.0186. The minimum absolute atomic E-state index is 0.0118. The Bertz CT molecular complexity index is 526. The molecule has 1 unspecified atom stereocenters. The molecule has 1 heterocycles. The molecule has 0 amide bonds. The molecule has 0 spiro atoms. The van der Waals surface area contributed by atoms with Crippen LogP contribution < -0.4 is 10.5 Å². The molecule has 0 saturated carbocycles. The highest BCUT2D eigenvalue weighted by Crippen LogP contribution is 2.47. The fourth-order valence-corrected chi connectivity index (χ4v) is 4.54. The number of fused-ring (bicyclic) bond motifs is 1. The van der Waals surface area contributed by atoms with E-state index >= 15 is 0 Å². The first-order chi connectivity index (χ1) is 10.0. The van der Waals surface area contributed by atoms with Crippen LogP contribution in [0.2, 0.25) is 0 Å². The molecule has 3 heteroatoms. The van der Waals surface area contributed by atoms with Gasteiger partial charge >= 0.3 is 0 Å². The molecule has 1 saturated heterocycles. The summed E-state index contributed by atoms with van der Waals surface area (Å²) >= 11 is 0. The van der Waals surface area contributed by atoms with Crippen molar-refractivity contribution in [3.05, 3.63) is 29.3 Å². The van der Waals surface area contributed by atoms with Crippen LogP contribution in [-0.4, -0.2) is 30.6 Å². The Hall–Kier alpha value is -1.06. The lowest BCUT2D eigenvalue weighted by Crippen LogP contribution is -2.58. The zero-order valence-electron chi connectivity index (χ0n) is 13.6. The average molecular weight is 288 g/mol. The van der Waals surface area contributed by atoms with Crippen molar-refractivity contribution in [2.45, 2.75) is 57.0 Å². The van der Waals surface area contributed by atoms with Crippen molar-refractivity contribution in [1.29, 1.82) is 0 Å². The van der Waals surface area contributed by atoms with Crippen molar-refractivity contribution in [3.8, 4) is 5.75 Å². The number of benzene rings is 1. The van der Waals surface area contributed by atoms with Crippen molar-refractivity contribution in [2.75, 3.05) is 20.2 Å². The quantitative estimate of drug-likeness (QED) is 0.929. The Balaban J connectivity index is 2.12. The number of ether oxygens (including phenoxy) is 1. The van der Waals surface area contributed by atoms with Gasteiger partial charge < -0.3 is 10.5 Å². The number of hydrogen-bond acceptors (Lipinski definition) is 3. The molecule has 1 aliphatic heterocycles. The summed E-state index contributed by atoms with van der Waals surface area (Å²) in [5, 5.41) is 0. The molecule has 2 aliphatic rings. The molecular weight excluding hydrogens is 260 g/mol. The Labute approximate surface area is 128 Å². The van der Waals surface area contributed by atoms with Crippen LogP contribution in [0.3, 0.4) is 0 Å². The molecule has 1 aromatic carbocycles. The smallest absolute Gasteiger partial charge is 0.119 e. The van der Waals surface area contributed by atoms with E-state index in [0.717, 1.165) is 25.1 Å². The lowest BCUT2D eigenvalue weighted by atomic mass is 9.74. The summed E-state index contributed by atoms with van der Waals surface area (Å²) in [4.78, 5) is 2.68. The maximum atomic E-state index is 6.36. The minimum atomic E-state index is -0.0118. The number of likely N-dealkylation sites (tertiary alicyclic amines) is 1. The van der Waals surface area contributed by atoms with Crippen LogP contribution in [0.25, 0.3) is 0 Å². The molecule has 0 bridgehead atoms. The molecule has 3 rings (SSSR count). The van der Waals surface area contributed by atoms with Gasteiger partial charge in [0.1, 0.15) is 5.75 Å². The van der Waals surface area contributed by atoms with E-state index in [1.807, 2.05) is 0 Å². The second-order valence-electron chi connectivity index (χ2n) is 7.18. The van der Waals surface area contributed by atoms with Crippen LogP contribution in [0, 0.1) is 0 Å². The van der Waals surface area contributed by atoms with Crippen LogP contribution >= 0.6 is 0 Å². The highest BCUT2D eigenvalue weighted by molar-refractivity contribution is 5.43. The molecule has 3 nitrogen and oxygen atoms in total. The summed E-state index contributed by atoms with van der Waals surface area (Å²) in [6.07, 6.45) is 6.08. The largest absolute Gasteiger partial charge is 0.497 e. The molecule has 0 aromatic heterocycles. The van der Waals surface area contributed by atoms with Gasteiger partial charge in [-0.25, -0.2) is 0 Å². The summed E-state index contributed by atoms with van der Waals surface area (Å²) < 4.78 is 5.47. The van der Waals surface area contributed by atoms with E-state index in [0.29, 0.717) is 6.54 Å². The van der Waals surface area contributed by atoms with Gasteiger partial charge in [-0.15, -0.1) is 0 Å². The minimum Gasteiger partial charge on any atom is -0.497 e. The van der Waals surface area contributed by atoms with E-state index in [1.54, 1.807) is 7.11 Å². The van der Waals surface area contributed by atoms with Gasteiger partial charge in [0, 0.05) is 12.1 Å². The number of rotatable bonds is 3. The van der Waals surface area contributed by atoms with Crippen LogP contribution in [0.5, 0.6) is 5.75 Å². The van der Waals surface area contributed by atoms with Crippen molar-refractivity contribution in [2.24, 2.45) is 5.73 Å². The standard InChI is InChI=1S/C18H28N2O/c1-17(2)9-5-11-20(17)18(13-19)10-4-6-14-7-8-15(21-3)12-16(14)18/h7-8,12H,4-6,9-11,13,19H2,1-3H3. The Morgan fingerprint density at radius 1 is 1.24 bits per heavy atom. The van der Waals surface area contributed by atoms with Gasteiger partial charge in [0.25, 0.3) is 0 Å². The molecule has 116 valence electrons. The summed E-state index contributed by atoms with van der Waals surface area (Å²) in [6, 6.07) is 6.55. The van der Waals surface area contributed by atoms with Crippen molar-refractivity contribution in [1.82, 2.24) is 4.90 Å². The molecule has 1 aromatic rings. The summed E-state index contributed by atoms with van der Waals surface area (Å²) in [6.45, 7) is 6.58. The second-order valence-corrected chi connectivity index (χ2v) is 7.18. The number of nitrogens with zero attached hydrogens (tertiary/aromatic N) is 1. The lowest BCUT2D eigenvalue weighted by Gasteiger charge is -2.51. The molecule has 1 fully saturated rings. The monoisotopic (exact) mass is 288 g/mol. The van der Waals surface area contributed by atoms with Crippen LogP contribution in [0.15, 0.2) is 18.2 Å². The topological polar surface area (TPSA) is 38.5 Å². The Morgan fingerprint density at radius 3 is 2.67 bits per heavy atom. The number of nitrogens with two attached hydrogens (primary N) is 1. The van der Waals surface area contributed by atoms with Gasteiger partial charge in [0.15, 0.2) is 0 Å². The van der Waals surface area contributed by atoms with E-state index in [4.69, 9.17) is 10.5 Å². The van der Waals surface area contributed by atoms with Gasteiger partial charge in [-0.1, -0.05) is 6.07 Å². The van der Waals surface area contributed by atoms with Crippen molar-refractivity contribution in [3.63, 3.8) is 0 Å². The van der Waals surface area contributed by atoms with E-state index < -0.39 is 0 Å². The van der Waals surface area contributed by atoms with Crippen LogP contribution in [0.1, 0.15) is 50.7 Å². The van der Waals surface area contributed by atoms with Crippen molar-refractivity contribution < 1.29 is 4.74 Å². The van der Waals surface area contributed by atoms with E-state index in [2.05, 4.69) is 36.9 Å². The van der Waals surface area contributed by atoms with Gasteiger partial charge in [0.05, 0.1) is 12.6 Å². The van der Waals surface area contributed by atoms with Gasteiger partial charge in [0.2, 0.25) is 0 Å². The van der Waals surface area contributed by atoms with Crippen LogP contribution in [-0.2, 0) is 12.0 Å². The zero-order chi connectivity index (χ0) is 15.1. The fourth-order valence-electron chi connectivity index (χ4n) is 4.54. The van der Waals surface area contributed by atoms with Crippen LogP contribution in [0.4, 0.5) is 0 Å². The third-order valence-electron chi connectivity index (χ3n) is 5.61. The third-order valence-corrected chi connectivity index (χ3v) is 5.61. The predicted octanol–water partition coefficient (Wildman–Crippen LogP) is 3.06. The molecule has 1 aliphatic carbocycles. The average Bonchev–Trinajstić information content (AvgIpc) is 2.86. The number of hydrogen-bond donors (Lipinski definition) is 1. The first-order valence-corrected chi connectivity index (χ1v) is 8.19. The molecular formula is C18H28N2O. The molecule has 1 atom stereocenters. The van der Waals surface area contributed by atoms with Gasteiger partial charge in [-0.3, -0.25) is 4.90 Å². The highest BCUT2D eigenvalue weighted by atomic mass is 16.5. The van der Waals surface area contributed by atoms with E-state index in [1.165, 1.54) is 30.4 Å². The maximum Gasteiger partial charge on any atom is 0.119 e. The van der Waals surface area contributed by atoms with Crippen molar-refractivity contribution >= 4 is 0 Å². The summed E-state index contributed by atoms with van der Waals surface area (Å²) in [7, 11) is 1.74. The summed E-state index contributed by atoms with van der Waals surface area (Å²) in [5.74, 6) is 0.950. The Morgan fingerprint density at radius 2 is 2.05 bits per heavy atom. The van der Waals surface area contributed by atoms with Gasteiger partial charge in [-0.05, 0) is 75.8 Å². The molecule has 2 N–H and O–H groups in total. The fraction of sp³-hybridized carbons (Fsp3) is 0.667. The summed E-state index contributed by atoms with van der Waals surface area (Å²) in [5.41, 5.74) is 9.45.